The molecule has 202 valence electrons. The summed E-state index contributed by atoms with van der Waals surface area (Å²) in [5, 5.41) is 3.29. The first-order valence-electron chi connectivity index (χ1n) is 12.4. The first-order valence-corrected chi connectivity index (χ1v) is 14.2. The van der Waals surface area contributed by atoms with E-state index in [0.717, 1.165) is 21.0 Å². The maximum Gasteiger partial charge on any atom is 0.264 e. The Balaban J connectivity index is 2.03. The molecule has 3 rings (SSSR count). The highest BCUT2D eigenvalue weighted by atomic mass is 35.5. The summed E-state index contributed by atoms with van der Waals surface area (Å²) < 4.78 is 28.6. The summed E-state index contributed by atoms with van der Waals surface area (Å²) >= 11 is 6.06. The molecule has 0 aliphatic heterocycles. The van der Waals surface area contributed by atoms with Gasteiger partial charge in [-0.25, -0.2) is 8.42 Å². The van der Waals surface area contributed by atoms with Crippen molar-refractivity contribution in [3.05, 3.63) is 94.5 Å². The van der Waals surface area contributed by atoms with E-state index in [0.29, 0.717) is 10.7 Å². The minimum Gasteiger partial charge on any atom is -0.352 e. The Hall–Kier alpha value is -3.36. The maximum atomic E-state index is 13.9. The lowest BCUT2D eigenvalue weighted by Gasteiger charge is -2.32. The zero-order chi connectivity index (χ0) is 28.0. The van der Waals surface area contributed by atoms with Gasteiger partial charge in [-0.3, -0.25) is 13.9 Å². The van der Waals surface area contributed by atoms with E-state index < -0.39 is 28.5 Å². The molecule has 1 atom stereocenters. The fourth-order valence-electron chi connectivity index (χ4n) is 3.93. The topological polar surface area (TPSA) is 86.8 Å². The zero-order valence-corrected chi connectivity index (χ0v) is 23.9. The molecule has 38 heavy (non-hydrogen) atoms. The molecule has 2 amide bonds. The van der Waals surface area contributed by atoms with Crippen molar-refractivity contribution in [2.75, 3.05) is 10.8 Å². The minimum atomic E-state index is -4.12. The van der Waals surface area contributed by atoms with Gasteiger partial charge in [0.1, 0.15) is 12.6 Å². The summed E-state index contributed by atoms with van der Waals surface area (Å²) in [7, 11) is -4.12. The van der Waals surface area contributed by atoms with E-state index in [9.17, 15) is 18.0 Å². The molecule has 0 aliphatic carbocycles. The predicted molar refractivity (Wildman–Crippen MR) is 152 cm³/mol. The summed E-state index contributed by atoms with van der Waals surface area (Å²) in [5.41, 5.74) is 3.03. The molecule has 7 nitrogen and oxygen atoms in total. The van der Waals surface area contributed by atoms with E-state index in [2.05, 4.69) is 5.32 Å². The van der Waals surface area contributed by atoms with E-state index in [1.54, 1.807) is 43.3 Å². The van der Waals surface area contributed by atoms with Crippen LogP contribution in [0.15, 0.2) is 77.7 Å². The number of carbonyl (C=O) groups is 2. The molecule has 0 saturated heterocycles. The Morgan fingerprint density at radius 3 is 2.08 bits per heavy atom. The maximum absolute atomic E-state index is 13.9. The highest BCUT2D eigenvalue weighted by Crippen LogP contribution is 2.26. The third-order valence-electron chi connectivity index (χ3n) is 6.20. The molecular weight excluding hydrogens is 522 g/mol. The van der Waals surface area contributed by atoms with E-state index in [1.165, 1.54) is 17.0 Å². The number of nitrogens with zero attached hydrogens (tertiary/aromatic N) is 2. The molecule has 0 fully saturated rings. The summed E-state index contributed by atoms with van der Waals surface area (Å²) in [6, 6.07) is 19.3. The van der Waals surface area contributed by atoms with Crippen LogP contribution in [-0.4, -0.2) is 43.8 Å². The average Bonchev–Trinajstić information content (AvgIpc) is 2.86. The van der Waals surface area contributed by atoms with Gasteiger partial charge < -0.3 is 10.2 Å². The number of hydrogen-bond donors (Lipinski definition) is 1. The Morgan fingerprint density at radius 1 is 0.895 bits per heavy atom. The van der Waals surface area contributed by atoms with Gasteiger partial charge in [-0.15, -0.1) is 0 Å². The number of nitrogens with one attached hydrogen (secondary N) is 1. The van der Waals surface area contributed by atoms with Crippen LogP contribution in [0.4, 0.5) is 5.69 Å². The monoisotopic (exact) mass is 555 g/mol. The van der Waals surface area contributed by atoms with Crippen LogP contribution < -0.4 is 9.62 Å². The van der Waals surface area contributed by atoms with Crippen molar-refractivity contribution in [1.82, 2.24) is 10.2 Å². The van der Waals surface area contributed by atoms with Gasteiger partial charge >= 0.3 is 0 Å². The van der Waals surface area contributed by atoms with Gasteiger partial charge in [-0.1, -0.05) is 53.6 Å². The van der Waals surface area contributed by atoms with Crippen molar-refractivity contribution < 1.29 is 18.0 Å². The van der Waals surface area contributed by atoms with Crippen molar-refractivity contribution in [3.63, 3.8) is 0 Å². The lowest BCUT2D eigenvalue weighted by molar-refractivity contribution is -0.139. The minimum absolute atomic E-state index is 0.0573. The average molecular weight is 556 g/mol. The molecule has 0 radical (unpaired) electrons. The highest BCUT2D eigenvalue weighted by molar-refractivity contribution is 7.92. The number of benzene rings is 3. The number of carbonyl (C=O) groups excluding carboxylic acids is 2. The second-order valence-corrected chi connectivity index (χ2v) is 11.9. The fraction of sp³-hybridized carbons (Fsp3) is 0.310. The molecule has 0 spiro atoms. The largest absolute Gasteiger partial charge is 0.352 e. The molecule has 0 bridgehead atoms. The second-order valence-electron chi connectivity index (χ2n) is 9.59. The van der Waals surface area contributed by atoms with Gasteiger partial charge in [-0.05, 0) is 82.1 Å². The van der Waals surface area contributed by atoms with Gasteiger partial charge in [0.05, 0.1) is 10.6 Å². The van der Waals surface area contributed by atoms with Crippen molar-refractivity contribution >= 4 is 39.1 Å². The van der Waals surface area contributed by atoms with Crippen molar-refractivity contribution in [1.29, 1.82) is 0 Å². The van der Waals surface area contributed by atoms with Crippen LogP contribution in [0, 0.1) is 13.8 Å². The zero-order valence-electron chi connectivity index (χ0n) is 22.3. The lowest BCUT2D eigenvalue weighted by atomic mass is 10.1. The van der Waals surface area contributed by atoms with Crippen LogP contribution in [-0.2, 0) is 26.2 Å². The molecule has 0 saturated carbocycles. The van der Waals surface area contributed by atoms with Crippen LogP contribution in [0.2, 0.25) is 5.02 Å². The number of rotatable bonds is 10. The molecule has 0 unspecified atom stereocenters. The Bertz CT molecular complexity index is 1370. The van der Waals surface area contributed by atoms with Crippen molar-refractivity contribution in [2.24, 2.45) is 0 Å². The van der Waals surface area contributed by atoms with Gasteiger partial charge in [0.25, 0.3) is 10.0 Å². The summed E-state index contributed by atoms with van der Waals surface area (Å²) in [6.45, 7) is 8.78. The van der Waals surface area contributed by atoms with Crippen LogP contribution in [0.3, 0.4) is 0 Å². The number of anilines is 1. The summed E-state index contributed by atoms with van der Waals surface area (Å²) in [5.74, 6) is -0.827. The van der Waals surface area contributed by atoms with E-state index in [-0.39, 0.29) is 23.4 Å². The van der Waals surface area contributed by atoms with E-state index in [1.807, 2.05) is 52.0 Å². The van der Waals surface area contributed by atoms with Gasteiger partial charge in [0.15, 0.2) is 0 Å². The van der Waals surface area contributed by atoms with Crippen molar-refractivity contribution in [3.8, 4) is 0 Å². The number of sulfonamides is 1. The number of hydrogen-bond acceptors (Lipinski definition) is 4. The number of amides is 2. The Labute approximate surface area is 230 Å². The molecule has 1 N–H and O–H groups in total. The Kier molecular flexibility index (Phi) is 9.57. The SMILES string of the molecule is Cc1ccc(S(=O)(=O)N(CC(=O)N(Cc2ccccc2C)[C@H](C)C(=O)NC(C)C)c2ccc(Cl)cc2)cc1. The predicted octanol–water partition coefficient (Wildman–Crippen LogP) is 5.09. The molecule has 0 aliphatic rings. The van der Waals surface area contributed by atoms with Crippen LogP contribution >= 0.6 is 11.6 Å². The molecule has 9 heteroatoms. The molecule has 0 heterocycles. The lowest BCUT2D eigenvalue weighted by Crippen LogP contribution is -2.52. The molecule has 0 aromatic heterocycles. The summed E-state index contributed by atoms with van der Waals surface area (Å²) in [4.78, 5) is 28.3. The second kappa shape index (κ2) is 12.5. The molecule has 3 aromatic rings. The first kappa shape index (κ1) is 29.2. The van der Waals surface area contributed by atoms with Gasteiger partial charge in [-0.2, -0.15) is 0 Å². The quantitative estimate of drug-likeness (QED) is 0.377. The van der Waals surface area contributed by atoms with Crippen molar-refractivity contribution in [2.45, 2.75) is 58.1 Å². The fourth-order valence-corrected chi connectivity index (χ4v) is 5.47. The van der Waals surface area contributed by atoms with Crippen LogP contribution in [0.25, 0.3) is 0 Å². The normalized spacial score (nSPS) is 12.2. The van der Waals surface area contributed by atoms with Crippen LogP contribution in [0.1, 0.15) is 37.5 Å². The first-order chi connectivity index (χ1) is 17.9. The standard InChI is InChI=1S/C29H34ClN3O4S/c1-20(2)31-29(35)23(5)32(18-24-9-7-6-8-22(24)4)28(34)19-33(26-14-12-25(30)13-15-26)38(36,37)27-16-10-21(3)11-17-27/h6-17,20,23H,18-19H2,1-5H3,(H,31,35)/t23-/m1/s1. The van der Waals surface area contributed by atoms with E-state index >= 15 is 0 Å². The molecule has 3 aromatic carbocycles. The Morgan fingerprint density at radius 2 is 1.50 bits per heavy atom. The number of aryl methyl sites for hydroxylation is 2. The van der Waals surface area contributed by atoms with E-state index in [4.69, 9.17) is 11.6 Å². The van der Waals surface area contributed by atoms with Gasteiger partial charge in [0.2, 0.25) is 11.8 Å². The molecular formula is C29H34ClN3O4S. The van der Waals surface area contributed by atoms with Crippen LogP contribution in [0.5, 0.6) is 0 Å². The third kappa shape index (κ3) is 7.14. The number of halogens is 1. The van der Waals surface area contributed by atoms with Gasteiger partial charge in [0, 0.05) is 17.6 Å². The third-order valence-corrected chi connectivity index (χ3v) is 8.24. The summed E-state index contributed by atoms with van der Waals surface area (Å²) in [6.07, 6.45) is 0. The highest BCUT2D eigenvalue weighted by Gasteiger charge is 2.32. The smallest absolute Gasteiger partial charge is 0.264 e.